The van der Waals surface area contributed by atoms with Crippen LogP contribution in [0, 0.1) is 13.8 Å². The van der Waals surface area contributed by atoms with Gasteiger partial charge in [-0.05, 0) is 117 Å². The molecule has 64 heavy (non-hydrogen) atoms. The summed E-state index contributed by atoms with van der Waals surface area (Å²) in [5.41, 5.74) is 10.8. The molecule has 9 aromatic carbocycles. The summed E-state index contributed by atoms with van der Waals surface area (Å²) in [6.45, 7) is 3.92. The lowest BCUT2D eigenvalue weighted by atomic mass is 10.1. The molecular formula is C56H39N3O3S2. The first-order valence-corrected chi connectivity index (χ1v) is 23.9. The summed E-state index contributed by atoms with van der Waals surface area (Å²) in [4.78, 5) is 1.24. The van der Waals surface area contributed by atoms with E-state index in [0.29, 0.717) is 15.5 Å². The third-order valence-corrected chi connectivity index (χ3v) is 15.7. The first-order chi connectivity index (χ1) is 31.2. The summed E-state index contributed by atoms with van der Waals surface area (Å²) in [5.74, 6) is 0. The summed E-state index contributed by atoms with van der Waals surface area (Å²) in [6, 6.07) is 66.7. The van der Waals surface area contributed by atoms with E-state index in [9.17, 15) is 12.6 Å². The number of aromatic nitrogens is 3. The van der Waals surface area contributed by atoms with Crippen LogP contribution in [0.25, 0.3) is 82.5 Å². The Labute approximate surface area is 372 Å². The number of para-hydroxylation sites is 4. The topological polar surface area (TPSA) is 66.0 Å². The minimum absolute atomic E-state index is 0.0723. The van der Waals surface area contributed by atoms with Gasteiger partial charge in [0.15, 0.2) is 0 Å². The molecule has 0 fully saturated rings. The second-order valence-corrected chi connectivity index (χ2v) is 20.0. The maximum Gasteiger partial charge on any atom is 0.206 e. The molecule has 8 heteroatoms. The van der Waals surface area contributed by atoms with Crippen molar-refractivity contribution in [1.29, 1.82) is 0 Å². The lowest BCUT2D eigenvalue weighted by Crippen LogP contribution is -2.06. The lowest BCUT2D eigenvalue weighted by Gasteiger charge is -2.15. The quantitative estimate of drug-likeness (QED) is 0.160. The number of rotatable bonds is 7. The standard InChI is InChI=1S/C56H39N3O3S2/c1-36-19-25-41(26-20-36)63(60)42-31-40(32-44(35-42)64(61,62)43-27-21-37(2)22-28-43)59-55-29-23-38(57-51-15-7-3-11-45(51)46-12-4-8-16-52(46)57)33-49(55)50-34-39(24-30-56(50)59)58-53-17-9-5-13-47(53)48-14-6-10-18-54(48)58/h3-35H,1-2H3. The Kier molecular flexibility index (Phi) is 8.66. The third-order valence-electron chi connectivity index (χ3n) is 12.6. The van der Waals surface area contributed by atoms with Gasteiger partial charge in [-0.2, -0.15) is 0 Å². The Morgan fingerprint density at radius 3 is 1.19 bits per heavy atom. The van der Waals surface area contributed by atoms with Gasteiger partial charge in [-0.3, -0.25) is 0 Å². The van der Waals surface area contributed by atoms with Crippen molar-refractivity contribution in [2.75, 3.05) is 0 Å². The van der Waals surface area contributed by atoms with Crippen molar-refractivity contribution in [1.82, 2.24) is 13.7 Å². The Hall–Kier alpha value is -7.52. The van der Waals surface area contributed by atoms with Gasteiger partial charge in [0.05, 0.1) is 53.7 Å². The predicted octanol–water partition coefficient (Wildman–Crippen LogP) is 13.6. The summed E-state index contributed by atoms with van der Waals surface area (Å²) in [6.07, 6.45) is 0. The summed E-state index contributed by atoms with van der Waals surface area (Å²) < 4.78 is 50.5. The Bertz CT molecular complexity index is 3730. The molecule has 6 nitrogen and oxygen atoms in total. The SMILES string of the molecule is Cc1ccc(S(=O)c2cc(-n3c4ccc(-n5c6ccccc6c6ccccc65)cc4c4cc(-n5c6ccccc6c6ccccc65)ccc43)cc(S(=O)(=O)c3ccc(C)cc3)c2)cc1. The molecule has 3 aromatic heterocycles. The zero-order valence-corrected chi connectivity index (χ0v) is 36.6. The van der Waals surface area contributed by atoms with Gasteiger partial charge in [0.1, 0.15) is 0 Å². The average Bonchev–Trinajstić information content (AvgIpc) is 3.97. The maximum atomic E-state index is 14.6. The van der Waals surface area contributed by atoms with Gasteiger partial charge >= 0.3 is 0 Å². The normalized spacial score (nSPS) is 12.7. The van der Waals surface area contributed by atoms with Gasteiger partial charge in [-0.15, -0.1) is 0 Å². The van der Waals surface area contributed by atoms with Gasteiger partial charge in [0, 0.05) is 59.2 Å². The number of hydrogen-bond acceptors (Lipinski definition) is 3. The largest absolute Gasteiger partial charge is 0.309 e. The highest BCUT2D eigenvalue weighted by Gasteiger charge is 2.24. The fourth-order valence-electron chi connectivity index (χ4n) is 9.56. The Balaban J connectivity index is 1.16. The minimum Gasteiger partial charge on any atom is -0.309 e. The smallest absolute Gasteiger partial charge is 0.206 e. The first kappa shape index (κ1) is 38.2. The molecule has 3 heterocycles. The van der Waals surface area contributed by atoms with Crippen LogP contribution in [-0.4, -0.2) is 26.3 Å². The number of sulfone groups is 1. The molecule has 1 unspecified atom stereocenters. The summed E-state index contributed by atoms with van der Waals surface area (Å²) in [5, 5.41) is 6.69. The van der Waals surface area contributed by atoms with Crippen molar-refractivity contribution in [2.45, 2.75) is 33.4 Å². The molecule has 0 saturated carbocycles. The zero-order valence-electron chi connectivity index (χ0n) is 34.9. The van der Waals surface area contributed by atoms with Crippen LogP contribution in [0.3, 0.4) is 0 Å². The molecule has 0 N–H and O–H groups in total. The van der Waals surface area contributed by atoms with Gasteiger partial charge in [-0.25, -0.2) is 12.6 Å². The number of hydrogen-bond donors (Lipinski definition) is 0. The number of fused-ring (bicyclic) bond motifs is 9. The van der Waals surface area contributed by atoms with E-state index < -0.39 is 20.6 Å². The zero-order chi connectivity index (χ0) is 43.3. The van der Waals surface area contributed by atoms with Crippen LogP contribution in [-0.2, 0) is 20.6 Å². The average molecular weight is 866 g/mol. The van der Waals surface area contributed by atoms with Crippen molar-refractivity contribution in [3.05, 3.63) is 211 Å². The second-order valence-electron chi connectivity index (χ2n) is 16.5. The fraction of sp³-hybridized carbons (Fsp3) is 0.0357. The van der Waals surface area contributed by atoms with Crippen molar-refractivity contribution < 1.29 is 12.6 Å². The van der Waals surface area contributed by atoms with Crippen molar-refractivity contribution >= 4 is 86.1 Å². The van der Waals surface area contributed by atoms with E-state index in [4.69, 9.17) is 0 Å². The van der Waals surface area contributed by atoms with E-state index in [-0.39, 0.29) is 9.79 Å². The molecule has 308 valence electrons. The summed E-state index contributed by atoms with van der Waals surface area (Å²) in [7, 11) is -5.72. The van der Waals surface area contributed by atoms with Crippen molar-refractivity contribution in [2.24, 2.45) is 0 Å². The molecule has 1 atom stereocenters. The highest BCUT2D eigenvalue weighted by atomic mass is 32.2. The molecule has 12 rings (SSSR count). The van der Waals surface area contributed by atoms with E-state index in [0.717, 1.165) is 66.4 Å². The van der Waals surface area contributed by atoms with Gasteiger partial charge < -0.3 is 13.7 Å². The van der Waals surface area contributed by atoms with Crippen LogP contribution in [0.5, 0.6) is 0 Å². The van der Waals surface area contributed by atoms with Gasteiger partial charge in [-0.1, -0.05) is 108 Å². The van der Waals surface area contributed by atoms with E-state index in [1.165, 1.54) is 21.5 Å². The molecular weight excluding hydrogens is 827 g/mol. The van der Waals surface area contributed by atoms with Crippen LogP contribution in [0.4, 0.5) is 0 Å². The molecule has 0 aliphatic rings. The van der Waals surface area contributed by atoms with Crippen LogP contribution in [0.2, 0.25) is 0 Å². The molecule has 0 amide bonds. The van der Waals surface area contributed by atoms with Crippen LogP contribution in [0.1, 0.15) is 11.1 Å². The number of nitrogens with zero attached hydrogens (tertiary/aromatic N) is 3. The maximum absolute atomic E-state index is 14.6. The highest BCUT2D eigenvalue weighted by Crippen LogP contribution is 2.40. The minimum atomic E-state index is -4.03. The molecule has 12 aromatic rings. The highest BCUT2D eigenvalue weighted by molar-refractivity contribution is 7.91. The molecule has 0 aliphatic heterocycles. The van der Waals surface area contributed by atoms with Crippen molar-refractivity contribution in [3.8, 4) is 17.1 Å². The number of benzene rings is 9. The van der Waals surface area contributed by atoms with E-state index in [1.807, 2.05) is 44.2 Å². The monoisotopic (exact) mass is 865 g/mol. The molecule has 0 spiro atoms. The van der Waals surface area contributed by atoms with E-state index in [1.54, 1.807) is 36.4 Å². The number of aryl methyl sites for hydroxylation is 2. The fourth-order valence-corrected chi connectivity index (χ4v) is 12.1. The van der Waals surface area contributed by atoms with Crippen LogP contribution >= 0.6 is 0 Å². The molecule has 0 saturated heterocycles. The second kappa shape index (κ2) is 14.5. The van der Waals surface area contributed by atoms with Crippen LogP contribution in [0.15, 0.2) is 220 Å². The van der Waals surface area contributed by atoms with Crippen molar-refractivity contribution in [3.63, 3.8) is 0 Å². The molecule has 0 aliphatic carbocycles. The molecule has 0 radical (unpaired) electrons. The Morgan fingerprint density at radius 2 is 0.734 bits per heavy atom. The first-order valence-electron chi connectivity index (χ1n) is 21.2. The third kappa shape index (κ3) is 5.90. The molecule has 0 bridgehead atoms. The van der Waals surface area contributed by atoms with E-state index in [2.05, 4.69) is 147 Å². The predicted molar refractivity (Wildman–Crippen MR) is 262 cm³/mol. The van der Waals surface area contributed by atoms with Gasteiger partial charge in [0.2, 0.25) is 9.84 Å². The van der Waals surface area contributed by atoms with E-state index >= 15 is 0 Å². The van der Waals surface area contributed by atoms with Crippen LogP contribution < -0.4 is 0 Å². The lowest BCUT2D eigenvalue weighted by molar-refractivity contribution is 0.595. The van der Waals surface area contributed by atoms with Gasteiger partial charge in [0.25, 0.3) is 0 Å². The Morgan fingerprint density at radius 1 is 0.344 bits per heavy atom. The summed E-state index contributed by atoms with van der Waals surface area (Å²) >= 11 is 0.